The van der Waals surface area contributed by atoms with E-state index in [-0.39, 0.29) is 17.7 Å². The molecule has 2 amide bonds. The summed E-state index contributed by atoms with van der Waals surface area (Å²) in [5.74, 6) is 0.746. The number of nitrogens with one attached hydrogen (secondary N) is 3. The first-order valence-corrected chi connectivity index (χ1v) is 13.2. The fourth-order valence-corrected chi connectivity index (χ4v) is 5.82. The highest BCUT2D eigenvalue weighted by molar-refractivity contribution is 6.00. The zero-order chi connectivity index (χ0) is 25.2. The highest BCUT2D eigenvalue weighted by atomic mass is 16.2. The van der Waals surface area contributed by atoms with E-state index in [0.29, 0.717) is 24.1 Å². The van der Waals surface area contributed by atoms with Gasteiger partial charge in [0.05, 0.1) is 5.69 Å². The van der Waals surface area contributed by atoms with Crippen molar-refractivity contribution in [3.63, 3.8) is 0 Å². The molecule has 8 nitrogen and oxygen atoms in total. The van der Waals surface area contributed by atoms with Crippen LogP contribution in [0.25, 0.3) is 11.1 Å². The van der Waals surface area contributed by atoms with Gasteiger partial charge in [-0.05, 0) is 62.3 Å². The first-order chi connectivity index (χ1) is 17.5. The van der Waals surface area contributed by atoms with E-state index in [1.807, 2.05) is 45.0 Å². The lowest BCUT2D eigenvalue weighted by Gasteiger charge is -2.46. The summed E-state index contributed by atoms with van der Waals surface area (Å²) in [7, 11) is 0. The van der Waals surface area contributed by atoms with Gasteiger partial charge in [0.15, 0.2) is 0 Å². The van der Waals surface area contributed by atoms with Crippen molar-refractivity contribution >= 4 is 17.5 Å². The van der Waals surface area contributed by atoms with Crippen molar-refractivity contribution < 1.29 is 9.59 Å². The molecule has 0 spiro atoms. The van der Waals surface area contributed by atoms with Crippen LogP contribution in [0.3, 0.4) is 0 Å². The number of anilines is 1. The molecule has 3 N–H and O–H groups in total. The Morgan fingerprint density at radius 3 is 2.25 bits per heavy atom. The summed E-state index contributed by atoms with van der Waals surface area (Å²) in [5.41, 5.74) is 5.31. The zero-order valence-corrected chi connectivity index (χ0v) is 21.4. The Hall–Kier alpha value is -3.42. The Morgan fingerprint density at radius 1 is 1.06 bits per heavy atom. The number of carbonyl (C=O) groups is 2. The van der Waals surface area contributed by atoms with Crippen LogP contribution in [0.4, 0.5) is 5.69 Å². The number of nitrogens with zero attached hydrogens (tertiary/aromatic N) is 3. The van der Waals surface area contributed by atoms with Crippen molar-refractivity contribution in [3.8, 4) is 11.1 Å². The Labute approximate surface area is 212 Å². The van der Waals surface area contributed by atoms with E-state index in [9.17, 15) is 9.59 Å². The van der Waals surface area contributed by atoms with E-state index in [2.05, 4.69) is 25.9 Å². The molecule has 0 bridgehead atoms. The molecule has 8 heteroatoms. The van der Waals surface area contributed by atoms with Crippen molar-refractivity contribution in [1.82, 2.24) is 25.3 Å². The van der Waals surface area contributed by atoms with Gasteiger partial charge < -0.3 is 10.6 Å². The molecule has 1 aromatic carbocycles. The van der Waals surface area contributed by atoms with Crippen LogP contribution in [0.5, 0.6) is 0 Å². The summed E-state index contributed by atoms with van der Waals surface area (Å²) in [6.45, 7) is 6.54. The van der Waals surface area contributed by atoms with E-state index in [1.54, 1.807) is 16.9 Å². The van der Waals surface area contributed by atoms with Crippen molar-refractivity contribution in [2.75, 3.05) is 5.32 Å². The summed E-state index contributed by atoms with van der Waals surface area (Å²) in [6, 6.07) is 8.99. The topological polar surface area (TPSA) is 105 Å². The lowest BCUT2D eigenvalue weighted by Crippen LogP contribution is -2.54. The number of hydrogen-bond acceptors (Lipinski definition) is 4. The fourth-order valence-electron chi connectivity index (χ4n) is 5.82. The van der Waals surface area contributed by atoms with Crippen LogP contribution < -0.4 is 10.6 Å². The monoisotopic (exact) mass is 488 g/mol. The lowest BCUT2D eigenvalue weighted by atomic mass is 9.62. The second-order valence-corrected chi connectivity index (χ2v) is 10.3. The minimum absolute atomic E-state index is 0.141. The molecule has 5 rings (SSSR count). The number of aromatic nitrogens is 4. The van der Waals surface area contributed by atoms with Crippen LogP contribution >= 0.6 is 0 Å². The van der Waals surface area contributed by atoms with Crippen molar-refractivity contribution in [2.24, 2.45) is 17.8 Å². The van der Waals surface area contributed by atoms with Gasteiger partial charge in [0, 0.05) is 29.7 Å². The molecule has 2 aromatic heterocycles. The highest BCUT2D eigenvalue weighted by Gasteiger charge is 2.44. The van der Waals surface area contributed by atoms with Gasteiger partial charge >= 0.3 is 0 Å². The summed E-state index contributed by atoms with van der Waals surface area (Å²) < 4.78 is 1.67. The maximum Gasteiger partial charge on any atom is 0.270 e. The van der Waals surface area contributed by atoms with Gasteiger partial charge in [0.2, 0.25) is 5.91 Å². The number of amides is 2. The molecule has 0 radical (unpaired) electrons. The van der Waals surface area contributed by atoms with Crippen molar-refractivity contribution in [3.05, 3.63) is 53.6 Å². The minimum Gasteiger partial charge on any atom is -0.339 e. The van der Waals surface area contributed by atoms with Crippen molar-refractivity contribution in [2.45, 2.75) is 71.9 Å². The summed E-state index contributed by atoms with van der Waals surface area (Å²) in [6.07, 6.45) is 8.56. The molecule has 2 heterocycles. The third-order valence-corrected chi connectivity index (χ3v) is 8.16. The SMILES string of the molecule is CCn1nccc1C(=O)N[C@@H](C(=O)Nc1ccc(-c2c(C)n[nH]c2C)cc1)C(C1CCC1)C1CCC1. The Balaban J connectivity index is 1.38. The predicted molar refractivity (Wildman–Crippen MR) is 139 cm³/mol. The first-order valence-electron chi connectivity index (χ1n) is 13.2. The van der Waals surface area contributed by atoms with Crippen LogP contribution in [-0.2, 0) is 11.3 Å². The predicted octanol–water partition coefficient (Wildman–Crippen LogP) is 4.86. The van der Waals surface area contributed by atoms with E-state index in [1.165, 1.54) is 12.8 Å². The maximum absolute atomic E-state index is 13.8. The number of carbonyl (C=O) groups excluding carboxylic acids is 2. The van der Waals surface area contributed by atoms with Gasteiger partial charge in [-0.25, -0.2) is 0 Å². The molecule has 2 fully saturated rings. The van der Waals surface area contributed by atoms with E-state index >= 15 is 0 Å². The second kappa shape index (κ2) is 10.3. The van der Waals surface area contributed by atoms with Gasteiger partial charge in [-0.3, -0.25) is 19.4 Å². The number of aryl methyl sites for hydroxylation is 3. The zero-order valence-electron chi connectivity index (χ0n) is 21.4. The van der Waals surface area contributed by atoms with Crippen molar-refractivity contribution in [1.29, 1.82) is 0 Å². The number of H-pyrrole nitrogens is 1. The Morgan fingerprint density at radius 2 is 1.72 bits per heavy atom. The number of hydrogen-bond donors (Lipinski definition) is 3. The Bertz CT molecular complexity index is 1190. The van der Waals surface area contributed by atoms with Gasteiger partial charge in [-0.1, -0.05) is 50.7 Å². The van der Waals surface area contributed by atoms with Gasteiger partial charge in [-0.15, -0.1) is 0 Å². The lowest BCUT2D eigenvalue weighted by molar-refractivity contribution is -0.121. The van der Waals surface area contributed by atoms with Crippen LogP contribution in [0.15, 0.2) is 36.5 Å². The molecule has 1 atom stereocenters. The van der Waals surface area contributed by atoms with E-state index in [4.69, 9.17) is 0 Å². The summed E-state index contributed by atoms with van der Waals surface area (Å²) in [5, 5.41) is 17.8. The summed E-state index contributed by atoms with van der Waals surface area (Å²) >= 11 is 0. The highest BCUT2D eigenvalue weighted by Crippen LogP contribution is 2.46. The van der Waals surface area contributed by atoms with E-state index < -0.39 is 6.04 Å². The first kappa shape index (κ1) is 24.3. The normalized spacial score (nSPS) is 16.9. The molecule has 2 aliphatic carbocycles. The number of aromatic amines is 1. The average Bonchev–Trinajstić information content (AvgIpc) is 3.41. The van der Waals surface area contributed by atoms with Gasteiger partial charge in [0.25, 0.3) is 5.91 Å². The van der Waals surface area contributed by atoms with Crippen LogP contribution in [0.2, 0.25) is 0 Å². The van der Waals surface area contributed by atoms with Crippen LogP contribution in [0, 0.1) is 31.6 Å². The van der Waals surface area contributed by atoms with Crippen LogP contribution in [0.1, 0.15) is 67.3 Å². The Kier molecular flexibility index (Phi) is 6.94. The largest absolute Gasteiger partial charge is 0.339 e. The molecular weight excluding hydrogens is 452 g/mol. The smallest absolute Gasteiger partial charge is 0.270 e. The number of rotatable bonds is 9. The maximum atomic E-state index is 13.8. The van der Waals surface area contributed by atoms with Crippen LogP contribution in [-0.4, -0.2) is 37.8 Å². The molecule has 0 saturated heterocycles. The quantitative estimate of drug-likeness (QED) is 0.400. The summed E-state index contributed by atoms with van der Waals surface area (Å²) in [4.78, 5) is 27.1. The van der Waals surface area contributed by atoms with Gasteiger partial charge in [-0.2, -0.15) is 10.2 Å². The molecule has 0 unspecified atom stereocenters. The molecular formula is C28H36N6O2. The average molecular weight is 489 g/mol. The third kappa shape index (κ3) is 4.68. The number of benzene rings is 1. The van der Waals surface area contributed by atoms with E-state index in [0.717, 1.165) is 53.9 Å². The molecule has 2 saturated carbocycles. The third-order valence-electron chi connectivity index (χ3n) is 8.16. The molecule has 0 aliphatic heterocycles. The molecule has 190 valence electrons. The molecule has 36 heavy (non-hydrogen) atoms. The standard InChI is InChI=1S/C28H36N6O2/c1-4-34-23(15-16-29-34)27(35)31-26(25(19-7-5-8-19)20-9-6-10-20)28(36)30-22-13-11-21(12-14-22)24-17(2)32-33-18(24)3/h11-16,19-20,25-26H,4-10H2,1-3H3,(H,30,36)(H,31,35)(H,32,33)/t26-/m1/s1. The molecule has 2 aliphatic rings. The fraction of sp³-hybridized carbons (Fsp3) is 0.500. The van der Waals surface area contributed by atoms with Gasteiger partial charge in [0.1, 0.15) is 11.7 Å². The second-order valence-electron chi connectivity index (χ2n) is 10.3. The minimum atomic E-state index is -0.577. The molecule has 3 aromatic rings.